The van der Waals surface area contributed by atoms with Crippen LogP contribution >= 0.6 is 0 Å². The van der Waals surface area contributed by atoms with Gasteiger partial charge in [-0.15, -0.1) is 0 Å². The summed E-state index contributed by atoms with van der Waals surface area (Å²) in [6, 6.07) is 12.5. The van der Waals surface area contributed by atoms with E-state index in [1.807, 2.05) is 13.8 Å². The Labute approximate surface area is 148 Å². The maximum Gasteiger partial charge on any atom is 0.179 e. The minimum Gasteiger partial charge on any atom is -0.303 e. The quantitative estimate of drug-likeness (QED) is 0.689. The van der Waals surface area contributed by atoms with Gasteiger partial charge in [0.05, 0.1) is 21.3 Å². The average Bonchev–Trinajstić information content (AvgIpc) is 2.54. The van der Waals surface area contributed by atoms with Crippen LogP contribution in [0.1, 0.15) is 11.1 Å². The topological polar surface area (TPSA) is 85.3 Å². The van der Waals surface area contributed by atoms with Gasteiger partial charge in [0.2, 0.25) is 0 Å². The second-order valence-corrected chi connectivity index (χ2v) is 10.2. The van der Waals surface area contributed by atoms with Crippen molar-refractivity contribution < 1.29 is 21.6 Å². The second-order valence-electron chi connectivity index (χ2n) is 6.09. The maximum absolute atomic E-state index is 12.4. The molecule has 134 valence electrons. The zero-order valence-corrected chi connectivity index (χ0v) is 15.7. The number of hydrogen-bond donors (Lipinski definition) is 0. The number of carbonyl (C=O) groups is 1. The molecule has 0 bridgehead atoms. The van der Waals surface area contributed by atoms with Gasteiger partial charge in [-0.05, 0) is 38.1 Å². The van der Waals surface area contributed by atoms with Crippen LogP contribution in [0.5, 0.6) is 0 Å². The van der Waals surface area contributed by atoms with Gasteiger partial charge in [-0.2, -0.15) is 0 Å². The number of carbonyl (C=O) groups excluding carboxylic acids is 1. The third-order valence-electron chi connectivity index (χ3n) is 3.82. The number of hydrogen-bond acceptors (Lipinski definition) is 5. The summed E-state index contributed by atoms with van der Waals surface area (Å²) in [4.78, 5) is 11.5. The fourth-order valence-electron chi connectivity index (χ4n) is 2.37. The first-order chi connectivity index (χ1) is 11.6. The molecule has 0 fully saturated rings. The van der Waals surface area contributed by atoms with Crippen molar-refractivity contribution in [1.29, 1.82) is 0 Å². The van der Waals surface area contributed by atoms with Crippen LogP contribution < -0.4 is 0 Å². The first-order valence-corrected chi connectivity index (χ1v) is 11.0. The number of aryl methyl sites for hydroxylation is 2. The van der Waals surface area contributed by atoms with E-state index in [2.05, 4.69) is 0 Å². The second kappa shape index (κ2) is 7.49. The molecule has 0 saturated heterocycles. The van der Waals surface area contributed by atoms with Crippen LogP contribution in [-0.2, 0) is 24.5 Å². The molecule has 0 spiro atoms. The Bertz CT molecular complexity index is 864. The Morgan fingerprint density at radius 2 is 1.04 bits per heavy atom. The third-order valence-corrected chi connectivity index (χ3v) is 7.53. The number of rotatable bonds is 7. The molecule has 0 atom stereocenters. The van der Waals surface area contributed by atoms with Gasteiger partial charge in [-0.1, -0.05) is 35.4 Å². The number of sulfone groups is 2. The summed E-state index contributed by atoms with van der Waals surface area (Å²) in [5, 5.41) is 0. The fraction of sp³-hybridized carbons (Fsp3) is 0.278. The Kier molecular flexibility index (Phi) is 5.80. The predicted molar refractivity (Wildman–Crippen MR) is 96.0 cm³/mol. The van der Waals surface area contributed by atoms with Crippen LogP contribution in [-0.4, -0.2) is 34.6 Å². The highest BCUT2D eigenvalue weighted by molar-refractivity contribution is 7.92. The molecule has 0 N–H and O–H groups in total. The van der Waals surface area contributed by atoms with Crippen LogP contribution in [0.3, 0.4) is 0 Å². The average molecular weight is 380 g/mol. The molecule has 0 aromatic heterocycles. The van der Waals surface area contributed by atoms with Crippen LogP contribution in [0.15, 0.2) is 58.3 Å². The SMILES string of the molecule is Cc1ccc(S(=O)(=O)CC(C=O)CS(=O)(=O)c2ccc(C)cc2)cc1. The normalized spacial score (nSPS) is 12.3. The summed E-state index contributed by atoms with van der Waals surface area (Å²) in [5.41, 5.74) is 1.82. The van der Waals surface area contributed by atoms with Crippen molar-refractivity contribution in [1.82, 2.24) is 0 Å². The molecular formula is C18H20O5S2. The van der Waals surface area contributed by atoms with Crippen LogP contribution in [0, 0.1) is 19.8 Å². The summed E-state index contributed by atoms with van der Waals surface area (Å²) < 4.78 is 49.7. The van der Waals surface area contributed by atoms with Crippen molar-refractivity contribution in [3.63, 3.8) is 0 Å². The van der Waals surface area contributed by atoms with Crippen molar-refractivity contribution in [2.45, 2.75) is 23.6 Å². The fourth-order valence-corrected chi connectivity index (χ4v) is 5.53. The van der Waals surface area contributed by atoms with Gasteiger partial charge in [0.25, 0.3) is 0 Å². The van der Waals surface area contributed by atoms with E-state index in [1.54, 1.807) is 24.3 Å². The van der Waals surface area contributed by atoms with Gasteiger partial charge in [-0.3, -0.25) is 0 Å². The van der Waals surface area contributed by atoms with Crippen LogP contribution in [0.2, 0.25) is 0 Å². The first-order valence-electron chi connectivity index (χ1n) is 7.68. The van der Waals surface area contributed by atoms with Gasteiger partial charge >= 0.3 is 0 Å². The predicted octanol–water partition coefficient (Wildman–Crippen LogP) is 2.37. The Morgan fingerprint density at radius 3 is 1.32 bits per heavy atom. The third kappa shape index (κ3) is 4.99. The summed E-state index contributed by atoms with van der Waals surface area (Å²) in [7, 11) is -7.49. The van der Waals surface area contributed by atoms with E-state index in [1.165, 1.54) is 24.3 Å². The molecular weight excluding hydrogens is 360 g/mol. The highest BCUT2D eigenvalue weighted by Gasteiger charge is 2.27. The van der Waals surface area contributed by atoms with Crippen molar-refractivity contribution in [2.24, 2.45) is 5.92 Å². The smallest absolute Gasteiger partial charge is 0.179 e. The molecule has 0 aliphatic heterocycles. The summed E-state index contributed by atoms with van der Waals surface area (Å²) in [6.45, 7) is 3.66. The van der Waals surface area contributed by atoms with Crippen molar-refractivity contribution >= 4 is 26.0 Å². The zero-order valence-electron chi connectivity index (χ0n) is 14.0. The van der Waals surface area contributed by atoms with E-state index in [9.17, 15) is 21.6 Å². The molecule has 5 nitrogen and oxygen atoms in total. The lowest BCUT2D eigenvalue weighted by Gasteiger charge is -2.12. The maximum atomic E-state index is 12.4. The van der Waals surface area contributed by atoms with Crippen molar-refractivity contribution in [2.75, 3.05) is 11.5 Å². The van der Waals surface area contributed by atoms with E-state index in [0.29, 0.717) is 6.29 Å². The van der Waals surface area contributed by atoms with Gasteiger partial charge in [-0.25, -0.2) is 16.8 Å². The van der Waals surface area contributed by atoms with E-state index in [-0.39, 0.29) is 9.79 Å². The first kappa shape index (κ1) is 19.3. The van der Waals surface area contributed by atoms with E-state index < -0.39 is 37.1 Å². The van der Waals surface area contributed by atoms with Gasteiger partial charge in [0, 0.05) is 5.92 Å². The molecule has 2 rings (SSSR count). The van der Waals surface area contributed by atoms with Crippen molar-refractivity contribution in [3.05, 3.63) is 59.7 Å². The van der Waals surface area contributed by atoms with Crippen LogP contribution in [0.25, 0.3) is 0 Å². The molecule has 7 heteroatoms. The van der Waals surface area contributed by atoms with Gasteiger partial charge < -0.3 is 4.79 Å². The largest absolute Gasteiger partial charge is 0.303 e. The standard InChI is InChI=1S/C18H20O5S2/c1-14-3-7-17(8-4-14)24(20,21)12-16(11-19)13-25(22,23)18-9-5-15(2)6-10-18/h3-11,16H,12-13H2,1-2H3. The molecule has 25 heavy (non-hydrogen) atoms. The Balaban J connectivity index is 2.21. The monoisotopic (exact) mass is 380 g/mol. The number of benzene rings is 2. The van der Waals surface area contributed by atoms with E-state index >= 15 is 0 Å². The van der Waals surface area contributed by atoms with E-state index in [4.69, 9.17) is 0 Å². The molecule has 0 unspecified atom stereocenters. The highest BCUT2D eigenvalue weighted by Crippen LogP contribution is 2.19. The molecule has 0 aliphatic rings. The minimum atomic E-state index is -3.75. The number of aldehydes is 1. The molecule has 2 aromatic rings. The molecule has 0 saturated carbocycles. The lowest BCUT2D eigenvalue weighted by molar-refractivity contribution is -0.110. The molecule has 0 amide bonds. The molecule has 2 aromatic carbocycles. The molecule has 0 heterocycles. The minimum absolute atomic E-state index is 0.0812. The Hall–Kier alpha value is -1.99. The summed E-state index contributed by atoms with van der Waals surface area (Å²) in [5.74, 6) is -2.20. The zero-order chi connectivity index (χ0) is 18.7. The highest BCUT2D eigenvalue weighted by atomic mass is 32.2. The van der Waals surface area contributed by atoms with Gasteiger partial charge in [0.15, 0.2) is 19.7 Å². The Morgan fingerprint density at radius 1 is 0.720 bits per heavy atom. The summed E-state index contributed by atoms with van der Waals surface area (Å²) >= 11 is 0. The van der Waals surface area contributed by atoms with Gasteiger partial charge in [0.1, 0.15) is 6.29 Å². The van der Waals surface area contributed by atoms with Crippen LogP contribution in [0.4, 0.5) is 0 Å². The lowest BCUT2D eigenvalue weighted by Crippen LogP contribution is -2.25. The lowest BCUT2D eigenvalue weighted by atomic mass is 10.2. The molecule has 0 radical (unpaired) electrons. The summed E-state index contributed by atoms with van der Waals surface area (Å²) in [6.07, 6.45) is 0.400. The van der Waals surface area contributed by atoms with E-state index in [0.717, 1.165) is 11.1 Å². The van der Waals surface area contributed by atoms with Crippen molar-refractivity contribution in [3.8, 4) is 0 Å². The molecule has 0 aliphatic carbocycles.